The lowest BCUT2D eigenvalue weighted by Gasteiger charge is -2.19. The number of carbonyl (C=O) groups excluding carboxylic acids is 1. The van der Waals surface area contributed by atoms with E-state index in [0.717, 1.165) is 28.0 Å². The lowest BCUT2D eigenvalue weighted by Crippen LogP contribution is -2.26. The number of amides is 1. The number of nitrogens with zero attached hydrogens (tertiary/aromatic N) is 4. The van der Waals surface area contributed by atoms with E-state index < -0.39 is 0 Å². The van der Waals surface area contributed by atoms with Crippen LogP contribution in [0.25, 0.3) is 22.3 Å². The van der Waals surface area contributed by atoms with Crippen LogP contribution >= 0.6 is 11.6 Å². The SMILES string of the molecule is Cc1cc(-c2cc(C(=O)N(C)Cc3cccc(Cl)c3)c3cnn(C(C)C)c3n2)c(C)o1. The molecule has 0 saturated carbocycles. The molecule has 4 rings (SSSR count). The highest BCUT2D eigenvalue weighted by atomic mass is 35.5. The molecule has 0 aliphatic rings. The zero-order valence-electron chi connectivity index (χ0n) is 18.3. The van der Waals surface area contributed by atoms with Gasteiger partial charge in [-0.2, -0.15) is 5.10 Å². The molecule has 0 fully saturated rings. The maximum absolute atomic E-state index is 13.5. The minimum atomic E-state index is -0.102. The van der Waals surface area contributed by atoms with Crippen LogP contribution in [0.5, 0.6) is 0 Å². The van der Waals surface area contributed by atoms with Crippen molar-refractivity contribution in [1.29, 1.82) is 0 Å². The Morgan fingerprint density at radius 2 is 2.00 bits per heavy atom. The lowest BCUT2D eigenvalue weighted by atomic mass is 10.1. The van der Waals surface area contributed by atoms with Crippen LogP contribution in [0.4, 0.5) is 0 Å². The first-order valence-electron chi connectivity index (χ1n) is 10.2. The summed E-state index contributed by atoms with van der Waals surface area (Å²) in [6.45, 7) is 8.33. The molecular weight excluding hydrogens is 412 g/mol. The Labute approximate surface area is 186 Å². The Kier molecular flexibility index (Phi) is 5.58. The third kappa shape index (κ3) is 4.08. The highest BCUT2D eigenvalue weighted by Crippen LogP contribution is 2.30. The molecule has 0 radical (unpaired) electrons. The summed E-state index contributed by atoms with van der Waals surface area (Å²) in [7, 11) is 1.79. The van der Waals surface area contributed by atoms with E-state index in [4.69, 9.17) is 21.0 Å². The average Bonchev–Trinajstić information content (AvgIpc) is 3.29. The molecule has 0 unspecified atom stereocenters. The van der Waals surface area contributed by atoms with E-state index in [1.54, 1.807) is 18.1 Å². The normalized spacial score (nSPS) is 11.5. The third-order valence-corrected chi connectivity index (χ3v) is 5.49. The summed E-state index contributed by atoms with van der Waals surface area (Å²) >= 11 is 6.11. The van der Waals surface area contributed by atoms with Crippen molar-refractivity contribution in [1.82, 2.24) is 19.7 Å². The fourth-order valence-electron chi connectivity index (χ4n) is 3.78. The van der Waals surface area contributed by atoms with Crippen LogP contribution in [0.3, 0.4) is 0 Å². The number of hydrogen-bond acceptors (Lipinski definition) is 4. The van der Waals surface area contributed by atoms with Crippen molar-refractivity contribution < 1.29 is 9.21 Å². The van der Waals surface area contributed by atoms with Gasteiger partial charge in [-0.3, -0.25) is 4.79 Å². The van der Waals surface area contributed by atoms with Crippen LogP contribution in [0.15, 0.2) is 47.0 Å². The van der Waals surface area contributed by atoms with Crippen LogP contribution < -0.4 is 0 Å². The molecule has 0 saturated heterocycles. The minimum absolute atomic E-state index is 0.102. The summed E-state index contributed by atoms with van der Waals surface area (Å²) < 4.78 is 7.55. The summed E-state index contributed by atoms with van der Waals surface area (Å²) in [5.74, 6) is 1.47. The van der Waals surface area contributed by atoms with Crippen molar-refractivity contribution in [2.45, 2.75) is 40.3 Å². The summed E-state index contributed by atoms with van der Waals surface area (Å²) in [6.07, 6.45) is 1.72. The Bertz CT molecular complexity index is 1270. The first-order chi connectivity index (χ1) is 14.7. The lowest BCUT2D eigenvalue weighted by molar-refractivity contribution is 0.0787. The Morgan fingerprint density at radius 3 is 2.65 bits per heavy atom. The first-order valence-corrected chi connectivity index (χ1v) is 10.6. The number of rotatable bonds is 5. The van der Waals surface area contributed by atoms with Crippen molar-refractivity contribution >= 4 is 28.5 Å². The van der Waals surface area contributed by atoms with Crippen LogP contribution in [0, 0.1) is 13.8 Å². The van der Waals surface area contributed by atoms with Crippen molar-refractivity contribution in [2.75, 3.05) is 7.05 Å². The molecule has 0 bridgehead atoms. The number of furan rings is 1. The Morgan fingerprint density at radius 1 is 1.23 bits per heavy atom. The standard InChI is InChI=1S/C24H25ClN4O2/c1-14(2)29-23-21(12-26-29)20(11-22(27-23)19-9-15(3)31-16(19)4)24(30)28(5)13-17-7-6-8-18(25)10-17/h6-12,14H,13H2,1-5H3. The number of aromatic nitrogens is 3. The van der Waals surface area contributed by atoms with Gasteiger partial charge in [0.2, 0.25) is 0 Å². The van der Waals surface area contributed by atoms with Gasteiger partial charge in [-0.25, -0.2) is 9.67 Å². The highest BCUT2D eigenvalue weighted by Gasteiger charge is 2.22. The predicted octanol–water partition coefficient (Wildman–Crippen LogP) is 5.81. The molecule has 31 heavy (non-hydrogen) atoms. The van der Waals surface area contributed by atoms with Gasteiger partial charge in [-0.15, -0.1) is 0 Å². The van der Waals surface area contributed by atoms with Crippen LogP contribution in [-0.4, -0.2) is 32.6 Å². The van der Waals surface area contributed by atoms with Crippen LogP contribution in [0.2, 0.25) is 5.02 Å². The maximum atomic E-state index is 13.5. The second-order valence-corrected chi connectivity index (χ2v) is 8.53. The van der Waals surface area contributed by atoms with Gasteiger partial charge in [0.25, 0.3) is 5.91 Å². The molecule has 3 aromatic heterocycles. The van der Waals surface area contributed by atoms with E-state index in [9.17, 15) is 4.79 Å². The quantitative estimate of drug-likeness (QED) is 0.395. The van der Waals surface area contributed by atoms with Crippen molar-refractivity contribution in [3.63, 3.8) is 0 Å². The number of halogens is 1. The molecule has 6 nitrogen and oxygen atoms in total. The van der Waals surface area contributed by atoms with E-state index in [-0.39, 0.29) is 11.9 Å². The van der Waals surface area contributed by atoms with Gasteiger partial charge in [0.15, 0.2) is 5.65 Å². The molecule has 0 aliphatic heterocycles. The summed E-state index contributed by atoms with van der Waals surface area (Å²) in [4.78, 5) is 20.0. The Hall–Kier alpha value is -3.12. The predicted molar refractivity (Wildman–Crippen MR) is 122 cm³/mol. The molecule has 0 N–H and O–H groups in total. The topological polar surface area (TPSA) is 64.2 Å². The minimum Gasteiger partial charge on any atom is -0.466 e. The number of fused-ring (bicyclic) bond motifs is 1. The van der Waals surface area contributed by atoms with Gasteiger partial charge in [-0.1, -0.05) is 23.7 Å². The summed E-state index contributed by atoms with van der Waals surface area (Å²) in [5, 5.41) is 5.88. The van der Waals surface area contributed by atoms with Gasteiger partial charge in [0.05, 0.1) is 22.8 Å². The molecule has 7 heteroatoms. The summed E-state index contributed by atoms with van der Waals surface area (Å²) in [6, 6.07) is 11.4. The molecule has 160 valence electrons. The van der Waals surface area contributed by atoms with Gasteiger partial charge in [0.1, 0.15) is 11.5 Å². The van der Waals surface area contributed by atoms with E-state index in [0.29, 0.717) is 28.5 Å². The number of carbonyl (C=O) groups is 1. The highest BCUT2D eigenvalue weighted by molar-refractivity contribution is 6.30. The summed E-state index contributed by atoms with van der Waals surface area (Å²) in [5.41, 5.74) is 3.79. The van der Waals surface area contributed by atoms with Gasteiger partial charge in [-0.05, 0) is 57.5 Å². The second-order valence-electron chi connectivity index (χ2n) is 8.09. The maximum Gasteiger partial charge on any atom is 0.254 e. The number of hydrogen-bond donors (Lipinski definition) is 0. The van der Waals surface area contributed by atoms with Gasteiger partial charge < -0.3 is 9.32 Å². The second kappa shape index (κ2) is 8.19. The smallest absolute Gasteiger partial charge is 0.254 e. The van der Waals surface area contributed by atoms with E-state index >= 15 is 0 Å². The van der Waals surface area contributed by atoms with E-state index in [1.807, 2.05) is 68.8 Å². The third-order valence-electron chi connectivity index (χ3n) is 5.26. The van der Waals surface area contributed by atoms with Crippen LogP contribution in [0.1, 0.15) is 47.3 Å². The molecule has 3 heterocycles. The molecular formula is C24H25ClN4O2. The van der Waals surface area contributed by atoms with Crippen molar-refractivity contribution in [3.05, 3.63) is 70.3 Å². The van der Waals surface area contributed by atoms with Crippen molar-refractivity contribution in [2.24, 2.45) is 0 Å². The van der Waals surface area contributed by atoms with Crippen molar-refractivity contribution in [3.8, 4) is 11.3 Å². The van der Waals surface area contributed by atoms with E-state index in [2.05, 4.69) is 5.10 Å². The Balaban J connectivity index is 1.82. The molecule has 1 aromatic carbocycles. The number of aryl methyl sites for hydroxylation is 2. The molecule has 4 aromatic rings. The molecule has 0 spiro atoms. The zero-order valence-corrected chi connectivity index (χ0v) is 19.1. The first kappa shape index (κ1) is 21.1. The zero-order chi connectivity index (χ0) is 22.3. The average molecular weight is 437 g/mol. The number of benzene rings is 1. The van der Waals surface area contributed by atoms with E-state index in [1.165, 1.54) is 0 Å². The fraction of sp³-hybridized carbons (Fsp3) is 0.292. The van der Waals surface area contributed by atoms with Crippen LogP contribution in [-0.2, 0) is 6.54 Å². The molecule has 1 amide bonds. The van der Waals surface area contributed by atoms with Gasteiger partial charge in [0, 0.05) is 30.2 Å². The number of pyridine rings is 1. The monoisotopic (exact) mass is 436 g/mol. The largest absolute Gasteiger partial charge is 0.466 e. The molecule has 0 atom stereocenters. The fourth-order valence-corrected chi connectivity index (χ4v) is 4.00. The van der Waals surface area contributed by atoms with Gasteiger partial charge >= 0.3 is 0 Å². The molecule has 0 aliphatic carbocycles.